The number of rotatable bonds is 7. The predicted octanol–water partition coefficient (Wildman–Crippen LogP) is 0.531. The van der Waals surface area contributed by atoms with E-state index in [0.29, 0.717) is 12.5 Å². The smallest absolute Gasteiger partial charge is 0.220 e. The lowest BCUT2D eigenvalue weighted by Crippen LogP contribution is -2.35. The summed E-state index contributed by atoms with van der Waals surface area (Å²) >= 11 is 0. The summed E-state index contributed by atoms with van der Waals surface area (Å²) in [6.07, 6.45) is 9.61. The first kappa shape index (κ1) is 12.1. The lowest BCUT2D eigenvalue weighted by molar-refractivity contribution is -0.119. The maximum atomic E-state index is 11.0. The summed E-state index contributed by atoms with van der Waals surface area (Å²) < 4.78 is 2.09. The number of hydrogen-bond donors (Lipinski definition) is 2. The van der Waals surface area contributed by atoms with Crippen molar-refractivity contribution in [3.63, 3.8) is 0 Å². The van der Waals surface area contributed by atoms with Crippen LogP contribution in [0.15, 0.2) is 18.7 Å². The van der Waals surface area contributed by atoms with Gasteiger partial charge in [0.1, 0.15) is 0 Å². The lowest BCUT2D eigenvalue weighted by atomic mass is 10.2. The van der Waals surface area contributed by atoms with Crippen molar-refractivity contribution in [2.24, 2.45) is 0 Å². The third-order valence-electron chi connectivity index (χ3n) is 3.05. The maximum Gasteiger partial charge on any atom is 0.220 e. The standard InChI is InChI=1S/C12H20N4O/c17-12-4-3-11(15-12)9-13-5-1-2-7-16-8-6-14-10-16/h6,8,10-11,13H,1-5,7,9H2,(H,15,17). The molecule has 5 heteroatoms. The second-order valence-corrected chi connectivity index (χ2v) is 4.51. The quantitative estimate of drug-likeness (QED) is 0.679. The zero-order chi connectivity index (χ0) is 11.9. The molecule has 94 valence electrons. The SMILES string of the molecule is O=C1CCC(CNCCCCn2ccnc2)N1. The van der Waals surface area contributed by atoms with Crippen LogP contribution in [0.4, 0.5) is 0 Å². The summed E-state index contributed by atoms with van der Waals surface area (Å²) in [5.41, 5.74) is 0. The second kappa shape index (κ2) is 6.39. The number of aryl methyl sites for hydroxylation is 1. The van der Waals surface area contributed by atoms with E-state index in [2.05, 4.69) is 20.2 Å². The molecule has 17 heavy (non-hydrogen) atoms. The topological polar surface area (TPSA) is 59.0 Å². The van der Waals surface area contributed by atoms with Crippen molar-refractivity contribution in [1.29, 1.82) is 0 Å². The number of hydrogen-bond acceptors (Lipinski definition) is 3. The van der Waals surface area contributed by atoms with E-state index in [1.165, 1.54) is 0 Å². The number of unbranched alkanes of at least 4 members (excludes halogenated alkanes) is 1. The molecule has 1 amide bonds. The zero-order valence-electron chi connectivity index (χ0n) is 10.1. The van der Waals surface area contributed by atoms with E-state index in [1.54, 1.807) is 6.20 Å². The highest BCUT2D eigenvalue weighted by Gasteiger charge is 2.19. The Morgan fingerprint density at radius 3 is 3.18 bits per heavy atom. The Labute approximate surface area is 102 Å². The van der Waals surface area contributed by atoms with Gasteiger partial charge in [0.15, 0.2) is 0 Å². The Balaban J connectivity index is 1.45. The summed E-state index contributed by atoms with van der Waals surface area (Å²) in [4.78, 5) is 15.0. The average molecular weight is 236 g/mol. The van der Waals surface area contributed by atoms with Crippen molar-refractivity contribution in [3.8, 4) is 0 Å². The molecule has 0 bridgehead atoms. The van der Waals surface area contributed by atoms with Gasteiger partial charge >= 0.3 is 0 Å². The van der Waals surface area contributed by atoms with Gasteiger partial charge in [0.25, 0.3) is 0 Å². The van der Waals surface area contributed by atoms with Crippen LogP contribution < -0.4 is 10.6 Å². The van der Waals surface area contributed by atoms with Gasteiger partial charge in [-0.15, -0.1) is 0 Å². The van der Waals surface area contributed by atoms with Crippen LogP contribution >= 0.6 is 0 Å². The molecule has 0 radical (unpaired) electrons. The number of imidazole rings is 1. The minimum absolute atomic E-state index is 0.192. The molecule has 1 fully saturated rings. The van der Waals surface area contributed by atoms with E-state index < -0.39 is 0 Å². The molecule has 1 aliphatic rings. The Morgan fingerprint density at radius 2 is 2.47 bits per heavy atom. The molecule has 0 aromatic carbocycles. The van der Waals surface area contributed by atoms with E-state index in [0.717, 1.165) is 38.9 Å². The van der Waals surface area contributed by atoms with Crippen LogP contribution in [0.5, 0.6) is 0 Å². The van der Waals surface area contributed by atoms with Crippen LogP contribution in [0.25, 0.3) is 0 Å². The maximum absolute atomic E-state index is 11.0. The summed E-state index contributed by atoms with van der Waals surface area (Å²) in [6, 6.07) is 0.344. The first-order valence-electron chi connectivity index (χ1n) is 6.30. The molecule has 0 aliphatic carbocycles. The zero-order valence-corrected chi connectivity index (χ0v) is 10.1. The fourth-order valence-electron chi connectivity index (χ4n) is 2.07. The molecule has 2 N–H and O–H groups in total. The Bertz CT molecular complexity index is 336. The highest BCUT2D eigenvalue weighted by molar-refractivity contribution is 5.78. The van der Waals surface area contributed by atoms with Crippen molar-refractivity contribution in [1.82, 2.24) is 20.2 Å². The first-order chi connectivity index (χ1) is 8.34. The number of nitrogens with zero attached hydrogens (tertiary/aromatic N) is 2. The Kier molecular flexibility index (Phi) is 4.55. The van der Waals surface area contributed by atoms with Crippen molar-refractivity contribution >= 4 is 5.91 Å². The summed E-state index contributed by atoms with van der Waals surface area (Å²) in [5.74, 6) is 0.192. The van der Waals surface area contributed by atoms with Crippen LogP contribution in [-0.2, 0) is 11.3 Å². The summed E-state index contributed by atoms with van der Waals surface area (Å²) in [5, 5.41) is 6.34. The first-order valence-corrected chi connectivity index (χ1v) is 6.30. The number of aromatic nitrogens is 2. The van der Waals surface area contributed by atoms with Gasteiger partial charge in [-0.2, -0.15) is 0 Å². The van der Waals surface area contributed by atoms with Crippen LogP contribution in [0, 0.1) is 0 Å². The van der Waals surface area contributed by atoms with Gasteiger partial charge in [0, 0.05) is 37.9 Å². The molecule has 1 atom stereocenters. The van der Waals surface area contributed by atoms with E-state index in [1.807, 2.05) is 12.5 Å². The third-order valence-corrected chi connectivity index (χ3v) is 3.05. The fourth-order valence-corrected chi connectivity index (χ4v) is 2.07. The molecule has 1 aromatic rings. The van der Waals surface area contributed by atoms with Gasteiger partial charge in [-0.25, -0.2) is 4.98 Å². The largest absolute Gasteiger partial charge is 0.352 e. The van der Waals surface area contributed by atoms with Crippen LogP contribution in [0.1, 0.15) is 25.7 Å². The van der Waals surface area contributed by atoms with Crippen LogP contribution in [-0.4, -0.2) is 34.6 Å². The predicted molar refractivity (Wildman–Crippen MR) is 65.5 cm³/mol. The van der Waals surface area contributed by atoms with E-state index in [9.17, 15) is 4.79 Å². The number of carbonyl (C=O) groups is 1. The van der Waals surface area contributed by atoms with Crippen molar-refractivity contribution in [2.45, 2.75) is 38.3 Å². The van der Waals surface area contributed by atoms with Gasteiger partial charge in [0.05, 0.1) is 6.33 Å². The molecular weight excluding hydrogens is 216 g/mol. The molecule has 1 aromatic heterocycles. The van der Waals surface area contributed by atoms with E-state index in [-0.39, 0.29) is 5.91 Å². The molecule has 2 heterocycles. The summed E-state index contributed by atoms with van der Waals surface area (Å²) in [7, 11) is 0. The fraction of sp³-hybridized carbons (Fsp3) is 0.667. The van der Waals surface area contributed by atoms with Gasteiger partial charge in [0.2, 0.25) is 5.91 Å². The Hall–Kier alpha value is -1.36. The number of nitrogens with one attached hydrogen (secondary N) is 2. The monoisotopic (exact) mass is 236 g/mol. The lowest BCUT2D eigenvalue weighted by Gasteiger charge is -2.11. The van der Waals surface area contributed by atoms with Crippen LogP contribution in [0.3, 0.4) is 0 Å². The minimum atomic E-state index is 0.192. The number of carbonyl (C=O) groups excluding carboxylic acids is 1. The van der Waals surface area contributed by atoms with Crippen molar-refractivity contribution in [3.05, 3.63) is 18.7 Å². The van der Waals surface area contributed by atoms with Gasteiger partial charge in [-0.05, 0) is 25.8 Å². The second-order valence-electron chi connectivity index (χ2n) is 4.51. The van der Waals surface area contributed by atoms with Gasteiger partial charge < -0.3 is 15.2 Å². The minimum Gasteiger partial charge on any atom is -0.352 e. The van der Waals surface area contributed by atoms with Gasteiger partial charge in [-0.1, -0.05) is 0 Å². The van der Waals surface area contributed by atoms with E-state index in [4.69, 9.17) is 0 Å². The highest BCUT2D eigenvalue weighted by Crippen LogP contribution is 2.04. The van der Waals surface area contributed by atoms with Crippen LogP contribution in [0.2, 0.25) is 0 Å². The molecular formula is C12H20N4O. The molecule has 1 saturated heterocycles. The summed E-state index contributed by atoms with van der Waals surface area (Å²) in [6.45, 7) is 2.94. The van der Waals surface area contributed by atoms with Crippen molar-refractivity contribution in [2.75, 3.05) is 13.1 Å². The molecule has 2 rings (SSSR count). The molecule has 0 saturated carbocycles. The van der Waals surface area contributed by atoms with Gasteiger partial charge in [-0.3, -0.25) is 4.79 Å². The van der Waals surface area contributed by atoms with E-state index >= 15 is 0 Å². The Morgan fingerprint density at radius 1 is 1.53 bits per heavy atom. The number of amides is 1. The molecule has 0 spiro atoms. The average Bonchev–Trinajstić information content (AvgIpc) is 2.95. The molecule has 1 aliphatic heterocycles. The normalized spacial score (nSPS) is 19.5. The van der Waals surface area contributed by atoms with Crippen molar-refractivity contribution < 1.29 is 4.79 Å². The molecule has 1 unspecified atom stereocenters. The molecule has 5 nitrogen and oxygen atoms in total. The highest BCUT2D eigenvalue weighted by atomic mass is 16.1. The third kappa shape index (κ3) is 4.19.